The lowest BCUT2D eigenvalue weighted by atomic mass is 10.0. The van der Waals surface area contributed by atoms with Gasteiger partial charge in [-0.2, -0.15) is 8.78 Å². The van der Waals surface area contributed by atoms with Crippen LogP contribution in [0.5, 0.6) is 23.0 Å². The van der Waals surface area contributed by atoms with Crippen LogP contribution in [0, 0.1) is 44.0 Å². The van der Waals surface area contributed by atoms with Crippen molar-refractivity contribution in [3.63, 3.8) is 0 Å². The summed E-state index contributed by atoms with van der Waals surface area (Å²) in [5.74, 6) is -7.89. The molecular formula is C31H32F4O6. The highest BCUT2D eigenvalue weighted by molar-refractivity contribution is 5.76. The molecule has 0 fully saturated rings. The summed E-state index contributed by atoms with van der Waals surface area (Å²) in [4.78, 5) is 10.8. The van der Waals surface area contributed by atoms with E-state index in [2.05, 4.69) is 6.58 Å². The minimum absolute atomic E-state index is 0.0130. The van der Waals surface area contributed by atoms with E-state index in [1.54, 1.807) is 44.2 Å². The summed E-state index contributed by atoms with van der Waals surface area (Å²) in [6, 6.07) is 8.17. The molecule has 0 aliphatic heterocycles. The van der Waals surface area contributed by atoms with Crippen LogP contribution in [0.4, 0.5) is 17.6 Å². The largest absolute Gasteiger partial charge is 0.494 e. The number of hydrogen-bond acceptors (Lipinski definition) is 6. The highest BCUT2D eigenvalue weighted by Gasteiger charge is 2.28. The number of aryl methyl sites for hydroxylation is 1. The first-order valence-electron chi connectivity index (χ1n) is 12.9. The predicted octanol–water partition coefficient (Wildman–Crippen LogP) is 7.59. The van der Waals surface area contributed by atoms with Crippen LogP contribution in [0.1, 0.15) is 58.7 Å². The van der Waals surface area contributed by atoms with Crippen LogP contribution in [-0.2, 0) is 4.74 Å². The number of halogens is 4. The van der Waals surface area contributed by atoms with Gasteiger partial charge in [-0.05, 0) is 87.6 Å². The van der Waals surface area contributed by atoms with Gasteiger partial charge in [-0.3, -0.25) is 4.79 Å². The number of ether oxygens (including phenoxy) is 4. The molecule has 6 nitrogen and oxygen atoms in total. The van der Waals surface area contributed by atoms with E-state index in [-0.39, 0.29) is 23.9 Å². The molecule has 0 aliphatic rings. The van der Waals surface area contributed by atoms with E-state index < -0.39 is 40.9 Å². The van der Waals surface area contributed by atoms with Gasteiger partial charge in [0.2, 0.25) is 23.7 Å². The van der Waals surface area contributed by atoms with Gasteiger partial charge in [0.05, 0.1) is 18.3 Å². The van der Waals surface area contributed by atoms with Gasteiger partial charge in [-0.25, -0.2) is 8.78 Å². The molecule has 0 aromatic heterocycles. The average molecular weight is 577 g/mol. The molecule has 41 heavy (non-hydrogen) atoms. The number of hydrogen-bond donors (Lipinski definition) is 1. The summed E-state index contributed by atoms with van der Waals surface area (Å²) in [5.41, 5.74) is 0.183. The molecule has 0 heterocycles. The number of aldehydes is 1. The lowest BCUT2D eigenvalue weighted by molar-refractivity contribution is -0.0200. The molecule has 0 saturated carbocycles. The highest BCUT2D eigenvalue weighted by atomic mass is 19.2. The van der Waals surface area contributed by atoms with Crippen LogP contribution >= 0.6 is 0 Å². The van der Waals surface area contributed by atoms with E-state index in [1.165, 1.54) is 13.0 Å². The van der Waals surface area contributed by atoms with Crippen molar-refractivity contribution in [2.45, 2.75) is 52.9 Å². The van der Waals surface area contributed by atoms with Gasteiger partial charge in [0.15, 0.2) is 17.9 Å². The molecule has 0 spiro atoms. The van der Waals surface area contributed by atoms with Gasteiger partial charge >= 0.3 is 0 Å². The van der Waals surface area contributed by atoms with E-state index in [9.17, 15) is 27.5 Å². The molecular weight excluding hydrogens is 544 g/mol. The third-order valence-electron chi connectivity index (χ3n) is 6.48. The Kier molecular flexibility index (Phi) is 10.9. The zero-order chi connectivity index (χ0) is 30.3. The van der Waals surface area contributed by atoms with Crippen LogP contribution in [0.2, 0.25) is 0 Å². The van der Waals surface area contributed by atoms with E-state index in [0.717, 1.165) is 12.8 Å². The Balaban J connectivity index is 1.68. The van der Waals surface area contributed by atoms with Crippen LogP contribution in [0.3, 0.4) is 0 Å². The van der Waals surface area contributed by atoms with Crippen LogP contribution in [0.15, 0.2) is 43.0 Å². The fourth-order valence-corrected chi connectivity index (χ4v) is 3.87. The van der Waals surface area contributed by atoms with E-state index in [1.807, 2.05) is 6.92 Å². The van der Waals surface area contributed by atoms with E-state index in [4.69, 9.17) is 18.9 Å². The third-order valence-corrected chi connectivity index (χ3v) is 6.48. The first-order chi connectivity index (χ1) is 19.5. The molecule has 3 aromatic carbocycles. The monoisotopic (exact) mass is 576 g/mol. The third kappa shape index (κ3) is 7.45. The van der Waals surface area contributed by atoms with Gasteiger partial charge in [-0.15, -0.1) is 6.58 Å². The molecule has 2 unspecified atom stereocenters. The molecule has 220 valence electrons. The second-order valence-corrected chi connectivity index (χ2v) is 9.40. The Bertz CT molecular complexity index is 1360. The Morgan fingerprint density at radius 3 is 2.10 bits per heavy atom. The summed E-state index contributed by atoms with van der Waals surface area (Å²) >= 11 is 0. The summed E-state index contributed by atoms with van der Waals surface area (Å²) in [5, 5.41) is 10.7. The standard InChI is InChI=1S/C31H32F4O6/c1-6-18(3)38-13-7-8-14-39-22-11-9-21(10-12-22)31(37)40-24-15-17(2)29(20(5)19(24)4)41-30-27(34)25(32)23(16-36)26(33)28(30)35/h6,9-12,15-16,18,31,37H,1,7-8,13-14H2,2-5H3. The van der Waals surface area contributed by atoms with Crippen molar-refractivity contribution in [2.75, 3.05) is 13.2 Å². The quantitative estimate of drug-likeness (QED) is 0.0532. The number of unbranched alkanes of at least 4 members (excludes halogenated alkanes) is 1. The van der Waals surface area contributed by atoms with Crippen molar-refractivity contribution in [1.29, 1.82) is 0 Å². The fourth-order valence-electron chi connectivity index (χ4n) is 3.87. The van der Waals surface area contributed by atoms with Gasteiger partial charge < -0.3 is 24.1 Å². The summed E-state index contributed by atoms with van der Waals surface area (Å²) in [7, 11) is 0. The molecule has 3 rings (SSSR count). The van der Waals surface area contributed by atoms with Crippen LogP contribution in [0.25, 0.3) is 0 Å². The van der Waals surface area contributed by atoms with E-state index >= 15 is 0 Å². The zero-order valence-electron chi connectivity index (χ0n) is 23.2. The van der Waals surface area contributed by atoms with E-state index in [0.29, 0.717) is 41.2 Å². The van der Waals surface area contributed by atoms with Gasteiger partial charge in [0.25, 0.3) is 0 Å². The molecule has 1 N–H and O–H groups in total. The Labute approximate surface area is 236 Å². The minimum atomic E-state index is -1.86. The topological polar surface area (TPSA) is 74.2 Å². The van der Waals surface area contributed by atoms with Gasteiger partial charge in [0.1, 0.15) is 17.2 Å². The Morgan fingerprint density at radius 1 is 0.902 bits per heavy atom. The lowest BCUT2D eigenvalue weighted by Crippen LogP contribution is -2.09. The average Bonchev–Trinajstić information content (AvgIpc) is 2.96. The molecule has 10 heteroatoms. The molecule has 0 bridgehead atoms. The van der Waals surface area contributed by atoms with Crippen molar-refractivity contribution in [2.24, 2.45) is 0 Å². The normalized spacial score (nSPS) is 12.5. The lowest BCUT2D eigenvalue weighted by Gasteiger charge is -2.21. The number of rotatable bonds is 14. The van der Waals surface area contributed by atoms with Crippen molar-refractivity contribution in [3.8, 4) is 23.0 Å². The highest BCUT2D eigenvalue weighted by Crippen LogP contribution is 2.40. The fraction of sp³-hybridized carbons (Fsp3) is 0.323. The van der Waals surface area contributed by atoms with Crippen molar-refractivity contribution in [3.05, 3.63) is 94.1 Å². The SMILES string of the molecule is C=CC(C)OCCCCOc1ccc(C(O)Oc2cc(C)c(Oc3c(F)c(F)c(C=O)c(F)c3F)c(C)c2C)cc1. The second kappa shape index (κ2) is 14.1. The number of carbonyl (C=O) groups is 1. The molecule has 0 radical (unpaired) electrons. The number of aliphatic hydroxyl groups excluding tert-OH is 1. The van der Waals surface area contributed by atoms with Gasteiger partial charge in [0, 0.05) is 12.2 Å². The summed E-state index contributed by atoms with van der Waals surface area (Å²) in [6.07, 6.45) is 1.73. The molecule has 0 saturated heterocycles. The number of aliphatic hydroxyl groups is 1. The van der Waals surface area contributed by atoms with Crippen molar-refractivity contribution < 1.29 is 46.4 Å². The number of carbonyl (C=O) groups excluding carboxylic acids is 1. The summed E-state index contributed by atoms with van der Waals surface area (Å²) < 4.78 is 79.2. The predicted molar refractivity (Wildman–Crippen MR) is 145 cm³/mol. The second-order valence-electron chi connectivity index (χ2n) is 9.40. The van der Waals surface area contributed by atoms with Crippen molar-refractivity contribution >= 4 is 6.29 Å². The first kappa shape index (κ1) is 31.6. The smallest absolute Gasteiger partial charge is 0.224 e. The summed E-state index contributed by atoms with van der Waals surface area (Å²) in [6.45, 7) is 11.4. The minimum Gasteiger partial charge on any atom is -0.494 e. The number of benzene rings is 3. The first-order valence-corrected chi connectivity index (χ1v) is 12.9. The van der Waals surface area contributed by atoms with Gasteiger partial charge in [-0.1, -0.05) is 6.08 Å². The maximum atomic E-state index is 14.4. The molecule has 2 atom stereocenters. The maximum Gasteiger partial charge on any atom is 0.224 e. The van der Waals surface area contributed by atoms with Crippen LogP contribution < -0.4 is 14.2 Å². The molecule has 3 aromatic rings. The zero-order valence-corrected chi connectivity index (χ0v) is 23.2. The van der Waals surface area contributed by atoms with Crippen LogP contribution in [-0.4, -0.2) is 30.7 Å². The molecule has 0 aliphatic carbocycles. The Hall–Kier alpha value is -3.89. The van der Waals surface area contributed by atoms with Crippen molar-refractivity contribution in [1.82, 2.24) is 0 Å². The Morgan fingerprint density at radius 2 is 1.51 bits per heavy atom. The molecule has 0 amide bonds. The maximum absolute atomic E-state index is 14.4.